The van der Waals surface area contributed by atoms with Crippen LogP contribution in [0.2, 0.25) is 0 Å². The van der Waals surface area contributed by atoms with Gasteiger partial charge in [0, 0.05) is 23.9 Å². The van der Waals surface area contributed by atoms with Crippen LogP contribution < -0.4 is 5.32 Å². The lowest BCUT2D eigenvalue weighted by molar-refractivity contribution is 0.373. The van der Waals surface area contributed by atoms with Gasteiger partial charge < -0.3 is 5.32 Å². The summed E-state index contributed by atoms with van der Waals surface area (Å²) < 4.78 is 0. The van der Waals surface area contributed by atoms with Crippen LogP contribution in [0.3, 0.4) is 0 Å². The van der Waals surface area contributed by atoms with Crippen LogP contribution in [0.25, 0.3) is 0 Å². The lowest BCUT2D eigenvalue weighted by Crippen LogP contribution is -2.33. The normalized spacial score (nSPS) is 27.3. The van der Waals surface area contributed by atoms with E-state index < -0.39 is 0 Å². The number of aryl methyl sites for hydroxylation is 1. The molecule has 2 nitrogen and oxygen atoms in total. The lowest BCUT2D eigenvalue weighted by atomic mass is 9.89. The first-order valence-electron chi connectivity index (χ1n) is 7.10. The zero-order chi connectivity index (χ0) is 13.8. The molecule has 1 aliphatic heterocycles. The van der Waals surface area contributed by atoms with Crippen LogP contribution >= 0.6 is 0 Å². The first-order valence-corrected chi connectivity index (χ1v) is 7.10. The number of benzene rings is 1. The number of hydrogen-bond acceptors (Lipinski definition) is 2. The van der Waals surface area contributed by atoms with Crippen molar-refractivity contribution in [3.05, 3.63) is 47.7 Å². The average Bonchev–Trinajstić information content (AvgIpc) is 2.41. The van der Waals surface area contributed by atoms with Gasteiger partial charge in [0.1, 0.15) is 0 Å². The predicted octanol–water partition coefficient (Wildman–Crippen LogP) is 3.57. The molecule has 2 unspecified atom stereocenters. The standard InChI is InChI=1S/C17H24N2/c1-12-9-10-15-7-5-6-8-16(15)14(3)19-13(2)11-17(12)18-4/h5-8,12,17-18H,2,9-11H2,1,3-4H3/b19-14-. The second kappa shape index (κ2) is 6.16. The summed E-state index contributed by atoms with van der Waals surface area (Å²) in [4.78, 5) is 4.69. The fraction of sp³-hybridized carbons (Fsp3) is 0.471. The van der Waals surface area contributed by atoms with Crippen LogP contribution in [0.5, 0.6) is 0 Å². The molecule has 0 bridgehead atoms. The third-order valence-electron chi connectivity index (χ3n) is 4.12. The number of nitrogens with one attached hydrogen (secondary N) is 1. The van der Waals surface area contributed by atoms with E-state index in [-0.39, 0.29) is 0 Å². The second-order valence-corrected chi connectivity index (χ2v) is 5.54. The van der Waals surface area contributed by atoms with E-state index in [0.717, 1.165) is 24.3 Å². The fourth-order valence-electron chi connectivity index (χ4n) is 2.86. The predicted molar refractivity (Wildman–Crippen MR) is 82.7 cm³/mol. The Kier molecular flexibility index (Phi) is 4.54. The zero-order valence-electron chi connectivity index (χ0n) is 12.2. The van der Waals surface area contributed by atoms with Gasteiger partial charge in [0.05, 0.1) is 0 Å². The van der Waals surface area contributed by atoms with Crippen molar-refractivity contribution >= 4 is 5.71 Å². The van der Waals surface area contributed by atoms with Crippen LogP contribution in [-0.4, -0.2) is 18.8 Å². The molecule has 1 heterocycles. The monoisotopic (exact) mass is 256 g/mol. The Balaban J connectivity index is 2.37. The summed E-state index contributed by atoms with van der Waals surface area (Å²) in [5, 5.41) is 3.41. The molecule has 2 rings (SSSR count). The van der Waals surface area contributed by atoms with Gasteiger partial charge >= 0.3 is 0 Å². The van der Waals surface area contributed by atoms with E-state index >= 15 is 0 Å². The molecule has 0 saturated carbocycles. The topological polar surface area (TPSA) is 24.4 Å². The number of hydrogen-bond donors (Lipinski definition) is 1. The van der Waals surface area contributed by atoms with Crippen LogP contribution in [0.15, 0.2) is 41.5 Å². The van der Waals surface area contributed by atoms with Crippen molar-refractivity contribution in [1.29, 1.82) is 0 Å². The van der Waals surface area contributed by atoms with E-state index in [9.17, 15) is 0 Å². The van der Waals surface area contributed by atoms with Crippen molar-refractivity contribution in [2.24, 2.45) is 10.9 Å². The highest BCUT2D eigenvalue weighted by molar-refractivity contribution is 6.00. The summed E-state index contributed by atoms with van der Waals surface area (Å²) in [7, 11) is 2.03. The van der Waals surface area contributed by atoms with Crippen molar-refractivity contribution in [2.75, 3.05) is 7.05 Å². The molecule has 1 aliphatic rings. The average molecular weight is 256 g/mol. The van der Waals surface area contributed by atoms with Crippen LogP contribution in [0, 0.1) is 5.92 Å². The van der Waals surface area contributed by atoms with Gasteiger partial charge in [0.25, 0.3) is 0 Å². The van der Waals surface area contributed by atoms with E-state index in [0.29, 0.717) is 12.0 Å². The summed E-state index contributed by atoms with van der Waals surface area (Å²) in [6.45, 7) is 8.52. The minimum atomic E-state index is 0.467. The Morgan fingerprint density at radius 1 is 1.32 bits per heavy atom. The molecule has 0 aromatic heterocycles. The molecule has 0 fully saturated rings. The molecule has 1 aromatic carbocycles. The molecule has 2 atom stereocenters. The summed E-state index contributed by atoms with van der Waals surface area (Å²) in [6, 6.07) is 9.07. The summed E-state index contributed by atoms with van der Waals surface area (Å²) in [6.07, 6.45) is 3.25. The van der Waals surface area contributed by atoms with Gasteiger partial charge in [-0.1, -0.05) is 37.8 Å². The Labute approximate surface area is 116 Å². The number of nitrogens with zero attached hydrogens (tertiary/aromatic N) is 1. The van der Waals surface area contributed by atoms with Crippen molar-refractivity contribution in [3.8, 4) is 0 Å². The molecular weight excluding hydrogens is 232 g/mol. The third-order valence-corrected chi connectivity index (χ3v) is 4.12. The van der Waals surface area contributed by atoms with E-state index in [1.807, 2.05) is 7.05 Å². The maximum absolute atomic E-state index is 4.69. The Bertz CT molecular complexity index is 488. The molecular formula is C17H24N2. The minimum Gasteiger partial charge on any atom is -0.316 e. The largest absolute Gasteiger partial charge is 0.316 e. The molecule has 2 heteroatoms. The van der Waals surface area contributed by atoms with E-state index in [2.05, 4.69) is 50.0 Å². The Hall–Kier alpha value is -1.41. The Morgan fingerprint density at radius 3 is 2.79 bits per heavy atom. The van der Waals surface area contributed by atoms with Gasteiger partial charge in [-0.2, -0.15) is 0 Å². The lowest BCUT2D eigenvalue weighted by Gasteiger charge is -2.25. The molecule has 0 radical (unpaired) electrons. The highest BCUT2D eigenvalue weighted by atomic mass is 14.9. The molecule has 1 N–H and O–H groups in total. The van der Waals surface area contributed by atoms with Crippen LogP contribution in [-0.2, 0) is 6.42 Å². The smallest absolute Gasteiger partial charge is 0.0450 e. The number of rotatable bonds is 1. The van der Waals surface area contributed by atoms with Crippen LogP contribution in [0.4, 0.5) is 0 Å². The molecule has 0 amide bonds. The molecule has 0 spiro atoms. The van der Waals surface area contributed by atoms with Crippen molar-refractivity contribution < 1.29 is 0 Å². The molecule has 1 aromatic rings. The van der Waals surface area contributed by atoms with Gasteiger partial charge in [-0.05, 0) is 43.9 Å². The summed E-state index contributed by atoms with van der Waals surface area (Å²) in [5.74, 6) is 0.628. The van der Waals surface area contributed by atoms with Crippen molar-refractivity contribution in [2.45, 2.75) is 39.2 Å². The molecule has 19 heavy (non-hydrogen) atoms. The van der Waals surface area contributed by atoms with Gasteiger partial charge in [-0.15, -0.1) is 0 Å². The summed E-state index contributed by atoms with van der Waals surface area (Å²) >= 11 is 0. The Morgan fingerprint density at radius 2 is 2.05 bits per heavy atom. The molecule has 0 saturated heterocycles. The van der Waals surface area contributed by atoms with E-state index in [1.165, 1.54) is 17.5 Å². The molecule has 102 valence electrons. The number of fused-ring (bicyclic) bond motifs is 1. The zero-order valence-corrected chi connectivity index (χ0v) is 12.2. The minimum absolute atomic E-state index is 0.467. The summed E-state index contributed by atoms with van der Waals surface area (Å²) in [5.41, 5.74) is 4.74. The highest BCUT2D eigenvalue weighted by Gasteiger charge is 2.18. The third kappa shape index (κ3) is 3.32. The quantitative estimate of drug-likeness (QED) is 0.816. The fourth-order valence-corrected chi connectivity index (χ4v) is 2.86. The van der Waals surface area contributed by atoms with Crippen molar-refractivity contribution in [1.82, 2.24) is 5.32 Å². The van der Waals surface area contributed by atoms with Gasteiger partial charge in [-0.3, -0.25) is 4.99 Å². The first kappa shape index (κ1) is 14.0. The first-order chi connectivity index (χ1) is 9.11. The second-order valence-electron chi connectivity index (χ2n) is 5.54. The van der Waals surface area contributed by atoms with Crippen molar-refractivity contribution in [3.63, 3.8) is 0 Å². The maximum Gasteiger partial charge on any atom is 0.0450 e. The van der Waals surface area contributed by atoms with Gasteiger partial charge in [-0.25, -0.2) is 0 Å². The van der Waals surface area contributed by atoms with Crippen LogP contribution in [0.1, 0.15) is 37.8 Å². The van der Waals surface area contributed by atoms with Gasteiger partial charge in [0.2, 0.25) is 0 Å². The molecule has 0 aliphatic carbocycles. The number of aliphatic imine (C=N–C) groups is 1. The van der Waals surface area contributed by atoms with Gasteiger partial charge in [0.15, 0.2) is 0 Å². The van der Waals surface area contributed by atoms with E-state index in [4.69, 9.17) is 4.99 Å². The highest BCUT2D eigenvalue weighted by Crippen LogP contribution is 2.23. The maximum atomic E-state index is 4.69. The SMILES string of the molecule is C=C1CC(NC)C(C)CCc2ccccc2/C(C)=N\1. The van der Waals surface area contributed by atoms with E-state index in [1.54, 1.807) is 0 Å².